The molecule has 13 heavy (non-hydrogen) atoms. The molecule has 1 N–H and O–H groups in total. The Morgan fingerprint density at radius 2 is 2.08 bits per heavy atom. The van der Waals surface area contributed by atoms with E-state index in [0.717, 1.165) is 10.9 Å². The van der Waals surface area contributed by atoms with Crippen molar-refractivity contribution in [3.8, 4) is 5.75 Å². The van der Waals surface area contributed by atoms with E-state index < -0.39 is 0 Å². The fourth-order valence-corrected chi connectivity index (χ4v) is 1.30. The Labute approximate surface area is 90.3 Å². The Morgan fingerprint density at radius 3 is 2.77 bits per heavy atom. The molecule has 2 rings (SSSR count). The molecule has 0 fully saturated rings. The van der Waals surface area contributed by atoms with Crippen LogP contribution in [0.25, 0.3) is 10.9 Å². The summed E-state index contributed by atoms with van der Waals surface area (Å²) >= 11 is 0. The van der Waals surface area contributed by atoms with Gasteiger partial charge in [0, 0.05) is 11.6 Å². The monoisotopic (exact) mass is 167 g/mol. The van der Waals surface area contributed by atoms with Crippen molar-refractivity contribution in [2.24, 2.45) is 0 Å². The average molecular weight is 167 g/mol. The van der Waals surface area contributed by atoms with Crippen LogP contribution in [0.5, 0.6) is 5.75 Å². The number of pyridine rings is 1. The number of aromatic hydroxyl groups is 1. The molecule has 0 saturated carbocycles. The molecule has 2 aromatic rings. The van der Waals surface area contributed by atoms with Crippen molar-refractivity contribution in [2.75, 3.05) is 0 Å². The molecule has 0 unspecified atom stereocenters. The first-order valence-corrected chi connectivity index (χ1v) is 3.82. The molecule has 1 heterocycles. The van der Waals surface area contributed by atoms with Crippen LogP contribution in [0.15, 0.2) is 30.5 Å². The second-order valence-electron chi connectivity index (χ2n) is 2.80. The van der Waals surface area contributed by atoms with E-state index in [0.29, 0.717) is 5.52 Å². The van der Waals surface area contributed by atoms with E-state index in [9.17, 15) is 5.11 Å². The fourth-order valence-electron chi connectivity index (χ4n) is 1.30. The number of hydrogen-bond acceptors (Lipinski definition) is 2. The summed E-state index contributed by atoms with van der Waals surface area (Å²) in [6, 6.07) is 7.39. The molecule has 2 nitrogen and oxygen atoms in total. The first kappa shape index (κ1) is 10.1. The van der Waals surface area contributed by atoms with Gasteiger partial charge < -0.3 is 6.53 Å². The molecular weight excluding hydrogens is 157 g/mol. The molecule has 0 spiro atoms. The number of aryl methyl sites for hydroxylation is 1. The summed E-state index contributed by atoms with van der Waals surface area (Å²) in [5.74, 6) is 0.246. The van der Waals surface area contributed by atoms with Gasteiger partial charge in [0.1, 0.15) is 11.3 Å². The summed E-state index contributed by atoms with van der Waals surface area (Å²) < 4.78 is 0. The van der Waals surface area contributed by atoms with Crippen LogP contribution in [0, 0.1) is 6.92 Å². The van der Waals surface area contributed by atoms with Gasteiger partial charge in [-0.1, -0.05) is 12.1 Å². The zero-order valence-electron chi connectivity index (χ0n) is 8.78. The van der Waals surface area contributed by atoms with Gasteiger partial charge in [0.25, 0.3) is 0 Å². The normalized spacial score (nSPS) is 9.62. The van der Waals surface area contributed by atoms with Crippen molar-refractivity contribution in [1.29, 1.82) is 0 Å². The molecule has 0 aliphatic rings. The van der Waals surface area contributed by atoms with Crippen LogP contribution in [-0.2, 0) is 0 Å². The topological polar surface area (TPSA) is 33.1 Å². The minimum absolute atomic E-state index is 0. The van der Waals surface area contributed by atoms with Crippen LogP contribution in [0.3, 0.4) is 0 Å². The van der Waals surface area contributed by atoms with E-state index >= 15 is 0 Å². The Bertz CT molecular complexity index is 393. The van der Waals surface area contributed by atoms with Gasteiger partial charge in [-0.25, -0.2) is 0 Å². The van der Waals surface area contributed by atoms with Crippen LogP contribution >= 0.6 is 0 Å². The molecule has 0 bridgehead atoms. The van der Waals surface area contributed by atoms with Crippen LogP contribution in [0.2, 0.25) is 0 Å². The van der Waals surface area contributed by atoms with Gasteiger partial charge in [0.05, 0.1) is 0 Å². The maximum absolute atomic E-state index is 9.43. The molecule has 0 amide bonds. The Balaban J connectivity index is 0.000000845. The Hall–Kier alpha value is -0.973. The zero-order valence-corrected chi connectivity index (χ0v) is 7.78. The van der Waals surface area contributed by atoms with Crippen molar-refractivity contribution in [3.63, 3.8) is 0 Å². The fraction of sp³-hybridized carbons (Fsp3) is 0.100. The molecule has 0 atom stereocenters. The first-order valence-electron chi connectivity index (χ1n) is 3.82. The van der Waals surface area contributed by atoms with Gasteiger partial charge in [-0.3, -0.25) is 4.98 Å². The Morgan fingerprint density at radius 1 is 1.31 bits per heavy atom. The second-order valence-corrected chi connectivity index (χ2v) is 2.80. The van der Waals surface area contributed by atoms with Crippen LogP contribution in [0.1, 0.15) is 6.99 Å². The third kappa shape index (κ3) is 1.69. The number of phenolic OH excluding ortho intramolecular Hbond substituents is 1. The molecule has 0 radical (unpaired) electrons. The van der Waals surface area contributed by atoms with E-state index in [1.165, 1.54) is 0 Å². The number of fused-ring (bicyclic) bond motifs is 1. The van der Waals surface area contributed by atoms with E-state index in [1.54, 1.807) is 12.3 Å². The van der Waals surface area contributed by atoms with Crippen molar-refractivity contribution in [1.82, 2.24) is 4.98 Å². The number of hydrogen-bond donors (Lipinski definition) is 1. The molecule has 1 aromatic carbocycles. The van der Waals surface area contributed by atoms with Gasteiger partial charge in [-0.05, 0) is 24.6 Å². The van der Waals surface area contributed by atoms with Gasteiger partial charge >= 0.3 is 18.9 Å². The third-order valence-electron chi connectivity index (χ3n) is 1.97. The summed E-state index contributed by atoms with van der Waals surface area (Å²) in [5.41, 5.74) is 1.81. The van der Waals surface area contributed by atoms with E-state index in [-0.39, 0.29) is 26.0 Å². The van der Waals surface area contributed by atoms with Crippen molar-refractivity contribution >= 4 is 10.9 Å². The van der Waals surface area contributed by atoms with Gasteiger partial charge in [0.2, 0.25) is 0 Å². The van der Waals surface area contributed by atoms with Crippen molar-refractivity contribution < 1.29 is 25.4 Å². The zero-order chi connectivity index (χ0) is 8.55. The van der Waals surface area contributed by atoms with Crippen molar-refractivity contribution in [3.05, 3.63) is 36.0 Å². The van der Waals surface area contributed by atoms with Gasteiger partial charge in [0.15, 0.2) is 0 Å². The summed E-state index contributed by atoms with van der Waals surface area (Å²) in [6.45, 7) is 2.00. The smallest absolute Gasteiger partial charge is 1.00 e. The first-order chi connectivity index (χ1) is 5.79. The number of benzene rings is 1. The predicted octanol–water partition coefficient (Wildman–Crippen LogP) is -0.635. The van der Waals surface area contributed by atoms with Crippen molar-refractivity contribution in [2.45, 2.75) is 6.92 Å². The SMILES string of the molecule is Cc1ccc(O)c2ncccc12.[H-].[Li+]. The molecule has 62 valence electrons. The van der Waals surface area contributed by atoms with Crippen LogP contribution in [-0.4, -0.2) is 10.1 Å². The number of nitrogens with zero attached hydrogens (tertiary/aromatic N) is 1. The summed E-state index contributed by atoms with van der Waals surface area (Å²) in [5, 5.41) is 10.4. The molecule has 0 saturated heterocycles. The van der Waals surface area contributed by atoms with E-state index in [1.807, 2.05) is 25.1 Å². The maximum Gasteiger partial charge on any atom is 1.00 e. The number of aromatic nitrogens is 1. The molecule has 0 aliphatic carbocycles. The van der Waals surface area contributed by atoms with Crippen LogP contribution in [0.4, 0.5) is 0 Å². The standard InChI is InChI=1S/C10H9NO.Li.H/c1-7-4-5-9(12)10-8(7)3-2-6-11-10;;/h2-6,12H,1H3;;/q;+1;-1. The van der Waals surface area contributed by atoms with Crippen LogP contribution < -0.4 is 18.9 Å². The molecule has 1 aromatic heterocycles. The van der Waals surface area contributed by atoms with Gasteiger partial charge in [-0.2, -0.15) is 0 Å². The Kier molecular flexibility index (Phi) is 2.97. The summed E-state index contributed by atoms with van der Waals surface area (Å²) in [7, 11) is 0. The molecule has 0 aliphatic heterocycles. The largest absolute Gasteiger partial charge is 1.00 e. The minimum atomic E-state index is 0. The quantitative estimate of drug-likeness (QED) is 0.530. The summed E-state index contributed by atoms with van der Waals surface area (Å²) in [6.07, 6.45) is 1.68. The van der Waals surface area contributed by atoms with E-state index in [4.69, 9.17) is 0 Å². The molecular formula is C10H10LiNO. The van der Waals surface area contributed by atoms with Gasteiger partial charge in [-0.15, -0.1) is 0 Å². The average Bonchev–Trinajstić information content (AvgIpc) is 2.12. The predicted molar refractivity (Wildman–Crippen MR) is 49.3 cm³/mol. The minimum Gasteiger partial charge on any atom is -1.00 e. The number of phenols is 1. The second kappa shape index (κ2) is 3.82. The third-order valence-corrected chi connectivity index (χ3v) is 1.97. The number of rotatable bonds is 0. The maximum atomic E-state index is 9.43. The molecule has 3 heteroatoms. The van der Waals surface area contributed by atoms with E-state index in [2.05, 4.69) is 4.98 Å². The summed E-state index contributed by atoms with van der Waals surface area (Å²) in [4.78, 5) is 4.09.